The third-order valence-electron chi connectivity index (χ3n) is 6.45. The Balaban J connectivity index is 1.35. The fourth-order valence-corrected chi connectivity index (χ4v) is 5.30. The molecule has 2 aromatic rings. The number of carbonyl (C=O) groups excluding carboxylic acids is 1. The van der Waals surface area contributed by atoms with E-state index in [4.69, 9.17) is 4.98 Å². The molecule has 4 rings (SSSR count). The molecule has 0 atom stereocenters. The molecule has 2 aliphatic rings. The lowest BCUT2D eigenvalue weighted by atomic mass is 9.82. The summed E-state index contributed by atoms with van der Waals surface area (Å²) < 4.78 is 0. The molecule has 0 spiro atoms. The first-order valence-corrected chi connectivity index (χ1v) is 11.9. The highest BCUT2D eigenvalue weighted by atomic mass is 16.2. The first-order valence-electron chi connectivity index (χ1n) is 11.9. The van der Waals surface area contributed by atoms with Gasteiger partial charge in [0.25, 0.3) is 0 Å². The van der Waals surface area contributed by atoms with Crippen LogP contribution in [0, 0.1) is 6.92 Å². The van der Waals surface area contributed by atoms with Gasteiger partial charge in [-0.1, -0.05) is 17.7 Å². The molecule has 7 heteroatoms. The molecule has 2 aliphatic heterocycles. The van der Waals surface area contributed by atoms with Crippen LogP contribution in [0.1, 0.15) is 70.6 Å². The van der Waals surface area contributed by atoms with Gasteiger partial charge in [-0.3, -0.25) is 9.78 Å². The highest BCUT2D eigenvalue weighted by molar-refractivity contribution is 5.79. The zero-order valence-electron chi connectivity index (χ0n) is 20.5. The first-order chi connectivity index (χ1) is 15.6. The molecular weight excluding hydrogens is 412 g/mol. The van der Waals surface area contributed by atoms with E-state index in [1.807, 2.05) is 30.2 Å². The van der Waals surface area contributed by atoms with E-state index in [1.54, 1.807) is 12.4 Å². The zero-order valence-corrected chi connectivity index (χ0v) is 20.5. The van der Waals surface area contributed by atoms with Gasteiger partial charge in [-0.2, -0.15) is 0 Å². The average Bonchev–Trinajstić information content (AvgIpc) is 2.73. The standard InChI is InChI=1S/C26H36N6O/c1-18-7-6-10-28-24(18)30-22-17-27-16-21(29-22)20-8-11-32(12-9-20)23(33)13-19-14-25(2,3)31-26(4,5)15-19/h6-7,10,14,16-17,20,31H,8-9,11-13,15H2,1-5H3,(H,28,29,30). The maximum absolute atomic E-state index is 13.0. The molecule has 33 heavy (non-hydrogen) atoms. The topological polar surface area (TPSA) is 83.0 Å². The molecule has 1 fully saturated rings. The smallest absolute Gasteiger partial charge is 0.226 e. The normalized spacial score (nSPS) is 20.3. The molecule has 4 heterocycles. The number of piperidine rings is 1. The Bertz CT molecular complexity index is 1040. The SMILES string of the molecule is Cc1cccnc1Nc1cncc(C2CCN(C(=O)CC3=CC(C)(C)NC(C)(C)C3)CC2)n1. The molecular formula is C26H36N6O. The van der Waals surface area contributed by atoms with Crippen molar-refractivity contribution < 1.29 is 4.79 Å². The maximum atomic E-state index is 13.0. The van der Waals surface area contributed by atoms with Crippen molar-refractivity contribution in [1.29, 1.82) is 0 Å². The van der Waals surface area contributed by atoms with Crippen LogP contribution in [-0.4, -0.2) is 49.9 Å². The van der Waals surface area contributed by atoms with Gasteiger partial charge in [-0.05, 0) is 65.5 Å². The molecule has 0 saturated carbocycles. The van der Waals surface area contributed by atoms with Gasteiger partial charge in [-0.15, -0.1) is 0 Å². The van der Waals surface area contributed by atoms with Crippen LogP contribution in [0.15, 0.2) is 42.4 Å². The van der Waals surface area contributed by atoms with Gasteiger partial charge in [0.1, 0.15) is 11.6 Å². The first kappa shape index (κ1) is 23.4. The molecule has 1 saturated heterocycles. The van der Waals surface area contributed by atoms with Crippen LogP contribution >= 0.6 is 0 Å². The fourth-order valence-electron chi connectivity index (χ4n) is 5.30. The number of nitrogens with zero attached hydrogens (tertiary/aromatic N) is 4. The number of hydrogen-bond acceptors (Lipinski definition) is 6. The highest BCUT2D eigenvalue weighted by Gasteiger charge is 2.33. The molecule has 0 unspecified atom stereocenters. The summed E-state index contributed by atoms with van der Waals surface area (Å²) >= 11 is 0. The van der Waals surface area contributed by atoms with Crippen LogP contribution < -0.4 is 10.6 Å². The molecule has 7 nitrogen and oxygen atoms in total. The third kappa shape index (κ3) is 5.96. The van der Waals surface area contributed by atoms with Crippen molar-refractivity contribution in [2.45, 2.75) is 77.3 Å². The number of amides is 1. The summed E-state index contributed by atoms with van der Waals surface area (Å²) in [6.07, 6.45) is 10.8. The van der Waals surface area contributed by atoms with Crippen LogP contribution in [0.3, 0.4) is 0 Å². The lowest BCUT2D eigenvalue weighted by Crippen LogP contribution is -2.54. The van der Waals surface area contributed by atoms with E-state index < -0.39 is 0 Å². The van der Waals surface area contributed by atoms with Gasteiger partial charge in [0.05, 0.1) is 11.9 Å². The Kier molecular flexibility index (Phi) is 6.52. The highest BCUT2D eigenvalue weighted by Crippen LogP contribution is 2.31. The van der Waals surface area contributed by atoms with Gasteiger partial charge < -0.3 is 15.5 Å². The fraction of sp³-hybridized carbons (Fsp3) is 0.538. The summed E-state index contributed by atoms with van der Waals surface area (Å²) in [4.78, 5) is 28.6. The Morgan fingerprint density at radius 1 is 1.21 bits per heavy atom. The second kappa shape index (κ2) is 9.21. The van der Waals surface area contributed by atoms with Crippen LogP contribution in [0.2, 0.25) is 0 Å². The van der Waals surface area contributed by atoms with Gasteiger partial charge in [0, 0.05) is 48.9 Å². The van der Waals surface area contributed by atoms with E-state index in [0.717, 1.165) is 49.4 Å². The van der Waals surface area contributed by atoms with Crippen LogP contribution in [0.4, 0.5) is 11.6 Å². The number of anilines is 2. The number of pyridine rings is 1. The number of likely N-dealkylation sites (tertiary alicyclic amines) is 1. The number of carbonyl (C=O) groups is 1. The van der Waals surface area contributed by atoms with Gasteiger partial charge >= 0.3 is 0 Å². The van der Waals surface area contributed by atoms with E-state index in [9.17, 15) is 4.79 Å². The predicted molar refractivity (Wildman–Crippen MR) is 131 cm³/mol. The molecule has 2 N–H and O–H groups in total. The largest absolute Gasteiger partial charge is 0.342 e. The van der Waals surface area contributed by atoms with Crippen molar-refractivity contribution in [2.24, 2.45) is 0 Å². The molecule has 2 aromatic heterocycles. The minimum absolute atomic E-state index is 0.00634. The van der Waals surface area contributed by atoms with Gasteiger partial charge in [0.15, 0.2) is 0 Å². The lowest BCUT2D eigenvalue weighted by Gasteiger charge is -2.41. The van der Waals surface area contributed by atoms with Gasteiger partial charge in [0.2, 0.25) is 5.91 Å². The summed E-state index contributed by atoms with van der Waals surface area (Å²) in [5.74, 6) is 2.04. The minimum atomic E-state index is -0.0874. The molecule has 1 amide bonds. The number of nitrogens with one attached hydrogen (secondary N) is 2. The predicted octanol–water partition coefficient (Wildman–Crippen LogP) is 4.50. The van der Waals surface area contributed by atoms with E-state index >= 15 is 0 Å². The van der Waals surface area contributed by atoms with Crippen LogP contribution in [-0.2, 0) is 4.79 Å². The zero-order chi connectivity index (χ0) is 23.6. The Labute approximate surface area is 197 Å². The number of aromatic nitrogens is 3. The molecule has 176 valence electrons. The van der Waals surface area contributed by atoms with Crippen molar-refractivity contribution in [3.8, 4) is 0 Å². The maximum Gasteiger partial charge on any atom is 0.226 e. The number of rotatable bonds is 5. The van der Waals surface area contributed by atoms with Crippen molar-refractivity contribution in [2.75, 3.05) is 18.4 Å². The summed E-state index contributed by atoms with van der Waals surface area (Å²) in [7, 11) is 0. The molecule has 0 aromatic carbocycles. The molecule has 0 aliphatic carbocycles. The lowest BCUT2D eigenvalue weighted by molar-refractivity contribution is -0.131. The Morgan fingerprint density at radius 2 is 1.97 bits per heavy atom. The summed E-state index contributed by atoms with van der Waals surface area (Å²) in [5.41, 5.74) is 3.20. The second-order valence-corrected chi connectivity index (χ2v) is 10.7. The van der Waals surface area contributed by atoms with Crippen molar-refractivity contribution >= 4 is 17.5 Å². The minimum Gasteiger partial charge on any atom is -0.342 e. The van der Waals surface area contributed by atoms with E-state index in [0.29, 0.717) is 18.2 Å². The summed E-state index contributed by atoms with van der Waals surface area (Å²) in [6.45, 7) is 12.3. The van der Waals surface area contributed by atoms with Crippen LogP contribution in [0.25, 0.3) is 0 Å². The third-order valence-corrected chi connectivity index (χ3v) is 6.45. The van der Waals surface area contributed by atoms with Crippen molar-refractivity contribution in [1.82, 2.24) is 25.2 Å². The van der Waals surface area contributed by atoms with Crippen molar-refractivity contribution in [3.05, 3.63) is 53.6 Å². The number of hydrogen-bond donors (Lipinski definition) is 2. The summed E-state index contributed by atoms with van der Waals surface area (Å²) in [5, 5.41) is 6.91. The monoisotopic (exact) mass is 448 g/mol. The van der Waals surface area contributed by atoms with Gasteiger partial charge in [-0.25, -0.2) is 9.97 Å². The van der Waals surface area contributed by atoms with E-state index in [-0.39, 0.29) is 17.0 Å². The Hall–Kier alpha value is -2.80. The molecule has 0 radical (unpaired) electrons. The second-order valence-electron chi connectivity index (χ2n) is 10.7. The molecule has 0 bridgehead atoms. The quantitative estimate of drug-likeness (QED) is 0.656. The van der Waals surface area contributed by atoms with E-state index in [1.165, 1.54) is 5.57 Å². The number of aryl methyl sites for hydroxylation is 1. The Morgan fingerprint density at radius 3 is 2.67 bits per heavy atom. The van der Waals surface area contributed by atoms with Crippen molar-refractivity contribution in [3.63, 3.8) is 0 Å². The van der Waals surface area contributed by atoms with Crippen LogP contribution in [0.5, 0.6) is 0 Å². The average molecular weight is 449 g/mol. The van der Waals surface area contributed by atoms with E-state index in [2.05, 4.69) is 54.4 Å². The summed E-state index contributed by atoms with van der Waals surface area (Å²) in [6, 6.07) is 3.93.